The normalized spacial score (nSPS) is 10.3. The number of hydrogen-bond donors (Lipinski definition) is 1. The standard InChI is InChI=1S/C15H17N3O3/c1-2-3-4-11-5-7-12(8-6-11)21-14-10-9-13(18(19)20)15(16)17-14/h5-10H,2-4H2,1H3,(H2,16,17). The van der Waals surface area contributed by atoms with Crippen LogP contribution in [0.1, 0.15) is 25.3 Å². The predicted molar refractivity (Wildman–Crippen MR) is 80.4 cm³/mol. The summed E-state index contributed by atoms with van der Waals surface area (Å²) in [5.74, 6) is 0.701. The van der Waals surface area contributed by atoms with Gasteiger partial charge in [0.1, 0.15) is 5.75 Å². The number of benzene rings is 1. The number of hydrogen-bond acceptors (Lipinski definition) is 5. The largest absolute Gasteiger partial charge is 0.439 e. The van der Waals surface area contributed by atoms with Crippen LogP contribution in [0.2, 0.25) is 0 Å². The lowest BCUT2D eigenvalue weighted by molar-refractivity contribution is -0.384. The molecule has 0 saturated carbocycles. The molecule has 1 aromatic carbocycles. The average molecular weight is 287 g/mol. The fourth-order valence-corrected chi connectivity index (χ4v) is 1.89. The molecule has 6 heteroatoms. The summed E-state index contributed by atoms with van der Waals surface area (Å²) in [5.41, 5.74) is 6.55. The molecule has 1 heterocycles. The minimum atomic E-state index is -0.575. The maximum absolute atomic E-state index is 10.7. The van der Waals surface area contributed by atoms with E-state index in [1.807, 2.05) is 24.3 Å². The van der Waals surface area contributed by atoms with Crippen LogP contribution in [0, 0.1) is 10.1 Å². The highest BCUT2D eigenvalue weighted by atomic mass is 16.6. The fourth-order valence-electron chi connectivity index (χ4n) is 1.89. The molecule has 2 N–H and O–H groups in total. The second-order valence-corrected chi connectivity index (χ2v) is 4.66. The Morgan fingerprint density at radius 2 is 1.95 bits per heavy atom. The topological polar surface area (TPSA) is 91.3 Å². The SMILES string of the molecule is CCCCc1ccc(Oc2ccc([N+](=O)[O-])c(N)n2)cc1. The van der Waals surface area contributed by atoms with E-state index in [-0.39, 0.29) is 17.4 Å². The van der Waals surface area contributed by atoms with Crippen molar-refractivity contribution in [3.8, 4) is 11.6 Å². The second kappa shape index (κ2) is 6.69. The zero-order valence-electron chi connectivity index (χ0n) is 11.8. The minimum Gasteiger partial charge on any atom is -0.439 e. The van der Waals surface area contributed by atoms with Gasteiger partial charge >= 0.3 is 5.69 Å². The van der Waals surface area contributed by atoms with Crippen molar-refractivity contribution in [3.63, 3.8) is 0 Å². The summed E-state index contributed by atoms with van der Waals surface area (Å²) in [4.78, 5) is 14.0. The monoisotopic (exact) mass is 287 g/mol. The molecule has 6 nitrogen and oxygen atoms in total. The number of rotatable bonds is 6. The molecule has 0 radical (unpaired) electrons. The molecule has 0 atom stereocenters. The number of nitrogens with zero attached hydrogens (tertiary/aromatic N) is 2. The Morgan fingerprint density at radius 3 is 2.52 bits per heavy atom. The van der Waals surface area contributed by atoms with Crippen LogP contribution in [0.25, 0.3) is 0 Å². The third kappa shape index (κ3) is 3.92. The first-order chi connectivity index (χ1) is 10.1. The number of ether oxygens (including phenoxy) is 1. The molecule has 0 aliphatic rings. The molecular weight excluding hydrogens is 270 g/mol. The van der Waals surface area contributed by atoms with E-state index >= 15 is 0 Å². The summed E-state index contributed by atoms with van der Waals surface area (Å²) in [5, 5.41) is 10.7. The van der Waals surface area contributed by atoms with Gasteiger partial charge in [0.2, 0.25) is 11.7 Å². The van der Waals surface area contributed by atoms with Crippen LogP contribution >= 0.6 is 0 Å². The number of aryl methyl sites for hydroxylation is 1. The Balaban J connectivity index is 2.07. The van der Waals surface area contributed by atoms with Gasteiger partial charge in [-0.3, -0.25) is 10.1 Å². The van der Waals surface area contributed by atoms with Crippen molar-refractivity contribution in [1.29, 1.82) is 0 Å². The van der Waals surface area contributed by atoms with Gasteiger partial charge in [-0.1, -0.05) is 25.5 Å². The van der Waals surface area contributed by atoms with Gasteiger partial charge in [-0.05, 0) is 30.5 Å². The molecule has 0 aliphatic carbocycles. The van der Waals surface area contributed by atoms with E-state index in [0.717, 1.165) is 19.3 Å². The third-order valence-electron chi connectivity index (χ3n) is 3.04. The van der Waals surface area contributed by atoms with Crippen LogP contribution in [0.4, 0.5) is 11.5 Å². The zero-order valence-corrected chi connectivity index (χ0v) is 11.8. The number of aromatic nitrogens is 1. The summed E-state index contributed by atoms with van der Waals surface area (Å²) in [7, 11) is 0. The summed E-state index contributed by atoms with van der Waals surface area (Å²) in [6.45, 7) is 2.15. The predicted octanol–water partition coefficient (Wildman–Crippen LogP) is 3.71. The molecule has 0 saturated heterocycles. The molecule has 21 heavy (non-hydrogen) atoms. The number of nitrogens with two attached hydrogens (primary N) is 1. The van der Waals surface area contributed by atoms with E-state index in [1.165, 1.54) is 17.7 Å². The number of pyridine rings is 1. The fraction of sp³-hybridized carbons (Fsp3) is 0.267. The average Bonchev–Trinajstić information content (AvgIpc) is 2.46. The summed E-state index contributed by atoms with van der Waals surface area (Å²) < 4.78 is 5.54. The van der Waals surface area contributed by atoms with E-state index in [0.29, 0.717) is 5.75 Å². The molecule has 0 fully saturated rings. The molecule has 0 spiro atoms. The molecule has 0 unspecified atom stereocenters. The van der Waals surface area contributed by atoms with Crippen molar-refractivity contribution in [1.82, 2.24) is 4.98 Å². The van der Waals surface area contributed by atoms with E-state index in [2.05, 4.69) is 11.9 Å². The highest BCUT2D eigenvalue weighted by molar-refractivity contribution is 5.53. The maximum Gasteiger partial charge on any atom is 0.311 e. The number of unbranched alkanes of at least 4 members (excludes halogenated alkanes) is 1. The Labute approximate surface area is 122 Å². The minimum absolute atomic E-state index is 0.155. The quantitative estimate of drug-likeness (QED) is 0.646. The van der Waals surface area contributed by atoms with Crippen LogP contribution < -0.4 is 10.5 Å². The number of nitro groups is 1. The Bertz CT molecular complexity index is 627. The lowest BCUT2D eigenvalue weighted by Crippen LogP contribution is -1.99. The van der Waals surface area contributed by atoms with Gasteiger partial charge in [0.05, 0.1) is 4.92 Å². The second-order valence-electron chi connectivity index (χ2n) is 4.66. The first kappa shape index (κ1) is 14.8. The van der Waals surface area contributed by atoms with Crippen LogP contribution in [-0.4, -0.2) is 9.91 Å². The first-order valence-electron chi connectivity index (χ1n) is 6.78. The summed E-state index contributed by atoms with van der Waals surface area (Å²) in [6, 6.07) is 10.4. The third-order valence-corrected chi connectivity index (χ3v) is 3.04. The molecule has 0 amide bonds. The molecule has 0 aliphatic heterocycles. The van der Waals surface area contributed by atoms with Gasteiger partial charge < -0.3 is 10.5 Å². The van der Waals surface area contributed by atoms with E-state index in [4.69, 9.17) is 10.5 Å². The van der Waals surface area contributed by atoms with Crippen molar-refractivity contribution < 1.29 is 9.66 Å². The van der Waals surface area contributed by atoms with Crippen LogP contribution in [0.3, 0.4) is 0 Å². The van der Waals surface area contributed by atoms with Crippen molar-refractivity contribution in [2.24, 2.45) is 0 Å². The van der Waals surface area contributed by atoms with E-state index in [1.54, 1.807) is 0 Å². The van der Waals surface area contributed by atoms with Crippen molar-refractivity contribution in [2.75, 3.05) is 5.73 Å². The van der Waals surface area contributed by atoms with Crippen molar-refractivity contribution in [2.45, 2.75) is 26.2 Å². The zero-order chi connectivity index (χ0) is 15.2. The van der Waals surface area contributed by atoms with Gasteiger partial charge in [0, 0.05) is 12.1 Å². The Kier molecular flexibility index (Phi) is 4.71. The molecule has 2 rings (SSSR count). The summed E-state index contributed by atoms with van der Waals surface area (Å²) >= 11 is 0. The molecule has 0 bridgehead atoms. The van der Waals surface area contributed by atoms with Gasteiger partial charge in [0.15, 0.2) is 0 Å². The molecular formula is C15H17N3O3. The van der Waals surface area contributed by atoms with Crippen LogP contribution in [0.15, 0.2) is 36.4 Å². The lowest BCUT2D eigenvalue weighted by Gasteiger charge is -2.06. The molecule has 1 aromatic heterocycles. The van der Waals surface area contributed by atoms with Crippen molar-refractivity contribution in [3.05, 3.63) is 52.1 Å². The highest BCUT2D eigenvalue weighted by Gasteiger charge is 2.13. The smallest absolute Gasteiger partial charge is 0.311 e. The Morgan fingerprint density at radius 1 is 1.24 bits per heavy atom. The van der Waals surface area contributed by atoms with Gasteiger partial charge in [-0.15, -0.1) is 0 Å². The summed E-state index contributed by atoms with van der Waals surface area (Å²) in [6.07, 6.45) is 3.35. The van der Waals surface area contributed by atoms with Gasteiger partial charge in [-0.25, -0.2) is 0 Å². The van der Waals surface area contributed by atoms with Crippen molar-refractivity contribution >= 4 is 11.5 Å². The van der Waals surface area contributed by atoms with Crippen LogP contribution in [0.5, 0.6) is 11.6 Å². The van der Waals surface area contributed by atoms with E-state index in [9.17, 15) is 10.1 Å². The van der Waals surface area contributed by atoms with Gasteiger partial charge in [-0.2, -0.15) is 4.98 Å². The van der Waals surface area contributed by atoms with Crippen LogP contribution in [-0.2, 0) is 6.42 Å². The molecule has 110 valence electrons. The lowest BCUT2D eigenvalue weighted by atomic mass is 10.1. The first-order valence-corrected chi connectivity index (χ1v) is 6.78. The van der Waals surface area contributed by atoms with E-state index < -0.39 is 4.92 Å². The Hall–Kier alpha value is -2.63. The number of anilines is 1. The number of nitrogen functional groups attached to an aromatic ring is 1. The van der Waals surface area contributed by atoms with Gasteiger partial charge in [0.25, 0.3) is 0 Å². The molecule has 2 aromatic rings. The maximum atomic E-state index is 10.7. The highest BCUT2D eigenvalue weighted by Crippen LogP contribution is 2.25.